The Morgan fingerprint density at radius 1 is 1.40 bits per heavy atom. The van der Waals surface area contributed by atoms with E-state index >= 15 is 0 Å². The molecule has 6 heteroatoms. The lowest BCUT2D eigenvalue weighted by molar-refractivity contribution is -0.143. The number of hydrogen-bond donors (Lipinski definition) is 2. The second-order valence-electron chi connectivity index (χ2n) is 5.69. The minimum atomic E-state index is -0.269. The summed E-state index contributed by atoms with van der Waals surface area (Å²) in [5, 5.41) is 6.85. The van der Waals surface area contributed by atoms with Crippen molar-refractivity contribution < 1.29 is 9.53 Å². The molecule has 3 N–H and O–H groups in total. The molecule has 2 fully saturated rings. The van der Waals surface area contributed by atoms with Gasteiger partial charge in [0, 0.05) is 25.8 Å². The fraction of sp³-hybridized carbons (Fsp3) is 0.714. The first-order valence-corrected chi connectivity index (χ1v) is 7.41. The molecular weight excluding hydrogens is 256 g/mol. The Hall–Kier alpha value is -1.40. The zero-order chi connectivity index (χ0) is 13.9. The van der Waals surface area contributed by atoms with Crippen molar-refractivity contribution in [1.29, 1.82) is 0 Å². The Kier molecular flexibility index (Phi) is 4.03. The molecule has 3 heterocycles. The summed E-state index contributed by atoms with van der Waals surface area (Å²) >= 11 is 0. The van der Waals surface area contributed by atoms with Crippen molar-refractivity contribution in [3.05, 3.63) is 18.0 Å². The van der Waals surface area contributed by atoms with Crippen molar-refractivity contribution in [3.8, 4) is 0 Å². The number of ether oxygens (including phenoxy) is 1. The number of H-pyrrole nitrogens is 1. The predicted octanol–water partition coefficient (Wildman–Crippen LogP) is 0.622. The van der Waals surface area contributed by atoms with E-state index < -0.39 is 0 Å². The summed E-state index contributed by atoms with van der Waals surface area (Å²) in [6.45, 7) is 2.12. The molecule has 6 nitrogen and oxygen atoms in total. The molecule has 2 aliphatic heterocycles. The third kappa shape index (κ3) is 2.71. The molecule has 2 saturated heterocycles. The van der Waals surface area contributed by atoms with Gasteiger partial charge in [-0.15, -0.1) is 0 Å². The first-order valence-electron chi connectivity index (χ1n) is 7.41. The molecule has 0 spiro atoms. The number of nitrogens with one attached hydrogen (secondary N) is 1. The number of aromatic nitrogens is 2. The number of carbonyl (C=O) groups is 1. The quantitative estimate of drug-likeness (QED) is 0.849. The van der Waals surface area contributed by atoms with Crippen LogP contribution in [0.3, 0.4) is 0 Å². The maximum atomic E-state index is 12.4. The van der Waals surface area contributed by atoms with Gasteiger partial charge in [-0.2, -0.15) is 5.10 Å². The van der Waals surface area contributed by atoms with Gasteiger partial charge in [-0.25, -0.2) is 0 Å². The van der Waals surface area contributed by atoms with Gasteiger partial charge in [0.2, 0.25) is 0 Å². The molecule has 0 bridgehead atoms. The molecule has 2 aliphatic rings. The molecule has 3 rings (SSSR count). The number of nitrogens with two attached hydrogens (primary N) is 1. The first kappa shape index (κ1) is 13.6. The van der Waals surface area contributed by atoms with Crippen LogP contribution < -0.4 is 5.73 Å². The van der Waals surface area contributed by atoms with Crippen LogP contribution in [-0.4, -0.2) is 52.8 Å². The molecular formula is C14H22N4O2. The largest absolute Gasteiger partial charge is 0.364 e. The van der Waals surface area contributed by atoms with Gasteiger partial charge >= 0.3 is 0 Å². The van der Waals surface area contributed by atoms with Crippen molar-refractivity contribution in [3.63, 3.8) is 0 Å². The second kappa shape index (κ2) is 5.93. The van der Waals surface area contributed by atoms with Gasteiger partial charge in [0.15, 0.2) is 0 Å². The summed E-state index contributed by atoms with van der Waals surface area (Å²) in [4.78, 5) is 14.3. The molecule has 0 saturated carbocycles. The van der Waals surface area contributed by atoms with E-state index in [2.05, 4.69) is 10.2 Å². The highest BCUT2D eigenvalue weighted by atomic mass is 16.5. The van der Waals surface area contributed by atoms with E-state index in [-0.39, 0.29) is 18.1 Å². The minimum absolute atomic E-state index is 0.0624. The highest BCUT2D eigenvalue weighted by molar-refractivity contribution is 5.81. The van der Waals surface area contributed by atoms with Crippen LogP contribution in [0.1, 0.15) is 37.2 Å². The number of aromatic amines is 1. The van der Waals surface area contributed by atoms with E-state index in [1.165, 1.54) is 5.56 Å². The fourth-order valence-corrected chi connectivity index (χ4v) is 3.18. The van der Waals surface area contributed by atoms with E-state index in [4.69, 9.17) is 10.5 Å². The van der Waals surface area contributed by atoms with Crippen LogP contribution >= 0.6 is 0 Å². The van der Waals surface area contributed by atoms with E-state index in [1.54, 1.807) is 0 Å². The smallest absolute Gasteiger partial charge is 0.251 e. The van der Waals surface area contributed by atoms with Gasteiger partial charge < -0.3 is 15.4 Å². The molecule has 20 heavy (non-hydrogen) atoms. The van der Waals surface area contributed by atoms with Gasteiger partial charge in [0.1, 0.15) is 6.10 Å². The number of piperidine rings is 1. The van der Waals surface area contributed by atoms with Gasteiger partial charge in [0.05, 0.1) is 12.3 Å². The molecule has 0 aliphatic carbocycles. The Bertz CT molecular complexity index is 440. The van der Waals surface area contributed by atoms with Gasteiger partial charge in [0.25, 0.3) is 5.91 Å². The Balaban J connectivity index is 1.52. The number of hydrogen-bond acceptors (Lipinski definition) is 4. The normalized spacial score (nSPS) is 27.9. The molecule has 110 valence electrons. The van der Waals surface area contributed by atoms with E-state index in [0.29, 0.717) is 12.5 Å². The minimum Gasteiger partial charge on any atom is -0.364 e. The third-order valence-corrected chi connectivity index (χ3v) is 4.44. The zero-order valence-electron chi connectivity index (χ0n) is 11.6. The highest BCUT2D eigenvalue weighted by Crippen LogP contribution is 2.29. The Morgan fingerprint density at radius 2 is 2.20 bits per heavy atom. The topological polar surface area (TPSA) is 84.2 Å². The number of nitrogens with zero attached hydrogens (tertiary/aromatic N) is 2. The van der Waals surface area contributed by atoms with Gasteiger partial charge in [-0.3, -0.25) is 9.89 Å². The van der Waals surface area contributed by atoms with Crippen molar-refractivity contribution in [1.82, 2.24) is 15.1 Å². The average molecular weight is 278 g/mol. The molecule has 0 aromatic carbocycles. The first-order chi connectivity index (χ1) is 9.78. The number of rotatable bonds is 3. The second-order valence-corrected chi connectivity index (χ2v) is 5.69. The Morgan fingerprint density at radius 3 is 2.80 bits per heavy atom. The molecule has 2 atom stereocenters. The molecule has 1 aromatic heterocycles. The van der Waals surface area contributed by atoms with Crippen molar-refractivity contribution in [2.75, 3.05) is 19.6 Å². The van der Waals surface area contributed by atoms with Crippen molar-refractivity contribution >= 4 is 5.91 Å². The van der Waals surface area contributed by atoms with E-state index in [9.17, 15) is 4.79 Å². The Labute approximate surface area is 118 Å². The summed E-state index contributed by atoms with van der Waals surface area (Å²) in [6, 6.07) is 0. The molecule has 1 aromatic rings. The van der Waals surface area contributed by atoms with Crippen LogP contribution in [0.4, 0.5) is 0 Å². The van der Waals surface area contributed by atoms with Crippen LogP contribution in [0.15, 0.2) is 12.4 Å². The lowest BCUT2D eigenvalue weighted by atomic mass is 9.91. The van der Waals surface area contributed by atoms with E-state index in [0.717, 1.165) is 38.8 Å². The van der Waals surface area contributed by atoms with Crippen molar-refractivity contribution in [2.24, 2.45) is 5.73 Å². The lowest BCUT2D eigenvalue weighted by Gasteiger charge is -2.33. The summed E-state index contributed by atoms with van der Waals surface area (Å²) in [7, 11) is 0. The SMILES string of the molecule is NC[C@H]1CC[C@@H](C(=O)N2CCC(c3cn[nH]c3)CC2)O1. The maximum Gasteiger partial charge on any atom is 0.251 e. The van der Waals surface area contributed by atoms with Gasteiger partial charge in [-0.1, -0.05) is 0 Å². The monoisotopic (exact) mass is 278 g/mol. The third-order valence-electron chi connectivity index (χ3n) is 4.44. The number of carbonyl (C=O) groups excluding carboxylic acids is 1. The van der Waals surface area contributed by atoms with Crippen LogP contribution in [-0.2, 0) is 9.53 Å². The van der Waals surface area contributed by atoms with Crippen molar-refractivity contribution in [2.45, 2.75) is 43.8 Å². The number of amides is 1. The maximum absolute atomic E-state index is 12.4. The highest BCUT2D eigenvalue weighted by Gasteiger charge is 2.34. The molecule has 1 amide bonds. The van der Waals surface area contributed by atoms with Crippen LogP contribution in [0.2, 0.25) is 0 Å². The summed E-state index contributed by atoms with van der Waals surface area (Å²) in [5.74, 6) is 0.658. The predicted molar refractivity (Wildman–Crippen MR) is 74.1 cm³/mol. The fourth-order valence-electron chi connectivity index (χ4n) is 3.18. The standard InChI is InChI=1S/C14H22N4O2/c15-7-12-1-2-13(20-12)14(19)18-5-3-10(4-6-18)11-8-16-17-9-11/h8-10,12-13H,1-7,15H2,(H,16,17)/t12-,13+/m1/s1. The van der Waals surface area contributed by atoms with Gasteiger partial charge in [-0.05, 0) is 37.2 Å². The lowest BCUT2D eigenvalue weighted by Crippen LogP contribution is -2.43. The zero-order valence-corrected chi connectivity index (χ0v) is 11.6. The van der Waals surface area contributed by atoms with Crippen LogP contribution in [0.5, 0.6) is 0 Å². The number of likely N-dealkylation sites (tertiary alicyclic amines) is 1. The van der Waals surface area contributed by atoms with E-state index in [1.807, 2.05) is 17.3 Å². The summed E-state index contributed by atoms with van der Waals surface area (Å²) < 4.78 is 5.69. The van der Waals surface area contributed by atoms with Crippen LogP contribution in [0.25, 0.3) is 0 Å². The molecule has 0 radical (unpaired) electrons. The van der Waals surface area contributed by atoms with Crippen LogP contribution in [0, 0.1) is 0 Å². The molecule has 0 unspecified atom stereocenters. The summed E-state index contributed by atoms with van der Waals surface area (Å²) in [5.41, 5.74) is 6.84. The average Bonchev–Trinajstić information content (AvgIpc) is 3.18. The summed E-state index contributed by atoms with van der Waals surface area (Å²) in [6.07, 6.45) is 7.33.